The van der Waals surface area contributed by atoms with Gasteiger partial charge in [0.25, 0.3) is 0 Å². The minimum absolute atomic E-state index is 0.379. The molecule has 5 heteroatoms. The smallest absolute Gasteiger partial charge is 0.321 e. The predicted molar refractivity (Wildman–Crippen MR) is 81.7 cm³/mol. The minimum atomic E-state index is -0.732. The van der Waals surface area contributed by atoms with Crippen LogP contribution in [-0.2, 0) is 4.79 Å². The summed E-state index contributed by atoms with van der Waals surface area (Å²) in [6.07, 6.45) is 0. The molecule has 4 nitrogen and oxygen atoms in total. The summed E-state index contributed by atoms with van der Waals surface area (Å²) in [5, 5.41) is 9.21. The van der Waals surface area contributed by atoms with Gasteiger partial charge in [0.2, 0.25) is 0 Å². The second-order valence-electron chi connectivity index (χ2n) is 5.08. The molecule has 1 unspecified atom stereocenters. The summed E-state index contributed by atoms with van der Waals surface area (Å²) in [4.78, 5) is 13.2. The van der Waals surface area contributed by atoms with Gasteiger partial charge in [0, 0.05) is 24.6 Å². The van der Waals surface area contributed by atoms with E-state index in [2.05, 4.69) is 6.07 Å². The lowest BCUT2D eigenvalue weighted by molar-refractivity contribution is -0.142. The van der Waals surface area contributed by atoms with E-state index in [0.29, 0.717) is 18.9 Å². The predicted octanol–water partition coefficient (Wildman–Crippen LogP) is 2.18. The molecular weight excluding hydrogens is 274 g/mol. The highest BCUT2D eigenvalue weighted by atomic mass is 32.2. The molecule has 1 heterocycles. The highest BCUT2D eigenvalue weighted by Gasteiger charge is 2.28. The van der Waals surface area contributed by atoms with Crippen molar-refractivity contribution >= 4 is 17.7 Å². The Balaban J connectivity index is 1.88. The third-order valence-corrected chi connectivity index (χ3v) is 4.53. The van der Waals surface area contributed by atoms with Gasteiger partial charge < -0.3 is 9.84 Å². The van der Waals surface area contributed by atoms with Crippen molar-refractivity contribution in [1.82, 2.24) is 4.90 Å². The van der Waals surface area contributed by atoms with Gasteiger partial charge >= 0.3 is 5.97 Å². The summed E-state index contributed by atoms with van der Waals surface area (Å²) in [5.74, 6) is 1.82. The van der Waals surface area contributed by atoms with Crippen molar-refractivity contribution in [2.75, 3.05) is 31.2 Å². The number of thioether (sulfide) groups is 1. The Kier molecular flexibility index (Phi) is 5.31. The highest BCUT2D eigenvalue weighted by Crippen LogP contribution is 2.20. The van der Waals surface area contributed by atoms with Crippen LogP contribution in [0.3, 0.4) is 0 Å². The van der Waals surface area contributed by atoms with Crippen LogP contribution in [0.2, 0.25) is 0 Å². The molecule has 1 aliphatic rings. The molecule has 1 atom stereocenters. The zero-order chi connectivity index (χ0) is 14.5. The van der Waals surface area contributed by atoms with E-state index in [-0.39, 0.29) is 6.04 Å². The molecule has 0 radical (unpaired) electrons. The normalized spacial score (nSPS) is 19.8. The molecule has 1 aliphatic heterocycles. The molecule has 1 saturated heterocycles. The lowest BCUT2D eigenvalue weighted by Crippen LogP contribution is -2.48. The molecule has 0 aromatic heterocycles. The van der Waals surface area contributed by atoms with Crippen molar-refractivity contribution in [2.24, 2.45) is 0 Å². The molecule has 0 aliphatic carbocycles. The van der Waals surface area contributed by atoms with Crippen molar-refractivity contribution in [1.29, 1.82) is 0 Å². The number of nitrogens with zero attached hydrogens (tertiary/aromatic N) is 1. The monoisotopic (exact) mass is 295 g/mol. The van der Waals surface area contributed by atoms with Crippen LogP contribution in [-0.4, -0.2) is 53.2 Å². The Bertz CT molecular complexity index is 478. The van der Waals surface area contributed by atoms with Gasteiger partial charge in [-0.05, 0) is 31.0 Å². The molecule has 1 fully saturated rings. The van der Waals surface area contributed by atoms with Gasteiger partial charge in [-0.1, -0.05) is 12.1 Å². The first kappa shape index (κ1) is 15.2. The average Bonchev–Trinajstić information content (AvgIpc) is 2.43. The Morgan fingerprint density at radius 3 is 3.05 bits per heavy atom. The Morgan fingerprint density at radius 2 is 2.30 bits per heavy atom. The number of benzene rings is 1. The van der Waals surface area contributed by atoms with Gasteiger partial charge in [-0.3, -0.25) is 9.69 Å². The number of hydrogen-bond acceptors (Lipinski definition) is 4. The van der Waals surface area contributed by atoms with E-state index in [1.165, 1.54) is 5.56 Å². The number of carbonyl (C=O) groups is 1. The molecule has 1 N–H and O–H groups in total. The maximum Gasteiger partial charge on any atom is 0.321 e. The summed E-state index contributed by atoms with van der Waals surface area (Å²) >= 11 is 1.71. The zero-order valence-electron chi connectivity index (χ0n) is 12.0. The van der Waals surface area contributed by atoms with Crippen LogP contribution in [0.4, 0.5) is 0 Å². The molecule has 1 aromatic rings. The Labute approximate surface area is 124 Å². The number of aliphatic carboxylic acids is 1. The molecule has 0 spiro atoms. The number of aryl methyl sites for hydroxylation is 2. The molecule has 1 aromatic carbocycles. The first-order valence-electron chi connectivity index (χ1n) is 6.82. The third kappa shape index (κ3) is 3.90. The SMILES string of the molecule is Cc1ccc(C)c(OCCN2CCSCC2C(=O)O)c1. The lowest BCUT2D eigenvalue weighted by atomic mass is 10.1. The van der Waals surface area contributed by atoms with Crippen LogP contribution in [0.5, 0.6) is 5.75 Å². The van der Waals surface area contributed by atoms with E-state index in [1.807, 2.05) is 30.9 Å². The summed E-state index contributed by atoms with van der Waals surface area (Å²) in [5.41, 5.74) is 2.28. The summed E-state index contributed by atoms with van der Waals surface area (Å²) < 4.78 is 5.81. The van der Waals surface area contributed by atoms with Crippen molar-refractivity contribution in [3.63, 3.8) is 0 Å². The van der Waals surface area contributed by atoms with E-state index >= 15 is 0 Å². The lowest BCUT2D eigenvalue weighted by Gasteiger charge is -2.32. The van der Waals surface area contributed by atoms with Crippen molar-refractivity contribution in [3.05, 3.63) is 29.3 Å². The highest BCUT2D eigenvalue weighted by molar-refractivity contribution is 7.99. The van der Waals surface area contributed by atoms with E-state index < -0.39 is 5.97 Å². The fourth-order valence-corrected chi connectivity index (χ4v) is 3.38. The summed E-state index contributed by atoms with van der Waals surface area (Å²) in [7, 11) is 0. The molecule has 2 rings (SSSR count). The largest absolute Gasteiger partial charge is 0.492 e. The summed E-state index contributed by atoms with van der Waals surface area (Å²) in [6, 6.07) is 5.75. The quantitative estimate of drug-likeness (QED) is 0.902. The van der Waals surface area contributed by atoms with Gasteiger partial charge in [0.1, 0.15) is 18.4 Å². The number of carboxylic acids is 1. The first-order valence-corrected chi connectivity index (χ1v) is 7.98. The first-order chi connectivity index (χ1) is 9.58. The third-order valence-electron chi connectivity index (χ3n) is 3.50. The van der Waals surface area contributed by atoms with Gasteiger partial charge in [-0.2, -0.15) is 11.8 Å². The van der Waals surface area contributed by atoms with E-state index in [4.69, 9.17) is 4.74 Å². The number of rotatable bonds is 5. The minimum Gasteiger partial charge on any atom is -0.492 e. The van der Waals surface area contributed by atoms with Gasteiger partial charge in [0.05, 0.1) is 0 Å². The fraction of sp³-hybridized carbons (Fsp3) is 0.533. The molecular formula is C15H21NO3S. The van der Waals surface area contributed by atoms with Crippen molar-refractivity contribution < 1.29 is 14.6 Å². The molecule has 110 valence electrons. The second kappa shape index (κ2) is 6.99. The van der Waals surface area contributed by atoms with Crippen LogP contribution in [0, 0.1) is 13.8 Å². The number of carboxylic acid groups (broad SMARTS) is 1. The fourth-order valence-electron chi connectivity index (χ4n) is 2.27. The van der Waals surface area contributed by atoms with Crippen LogP contribution in [0.1, 0.15) is 11.1 Å². The van der Waals surface area contributed by atoms with E-state index in [9.17, 15) is 9.90 Å². The summed E-state index contributed by atoms with van der Waals surface area (Å²) in [6.45, 7) is 6.06. The van der Waals surface area contributed by atoms with Crippen molar-refractivity contribution in [3.8, 4) is 5.75 Å². The number of ether oxygens (including phenoxy) is 1. The van der Waals surface area contributed by atoms with Gasteiger partial charge in [0.15, 0.2) is 0 Å². The zero-order valence-corrected chi connectivity index (χ0v) is 12.8. The Morgan fingerprint density at radius 1 is 1.50 bits per heavy atom. The van der Waals surface area contributed by atoms with Crippen LogP contribution < -0.4 is 4.74 Å². The maximum absolute atomic E-state index is 11.2. The molecule has 0 bridgehead atoms. The molecule has 20 heavy (non-hydrogen) atoms. The van der Waals surface area contributed by atoms with Crippen LogP contribution in [0.15, 0.2) is 18.2 Å². The standard InChI is InChI=1S/C15H21NO3S/c1-11-3-4-12(2)14(9-11)19-7-5-16-6-8-20-10-13(16)15(17)18/h3-4,9,13H,5-8,10H2,1-2H3,(H,17,18). The van der Waals surface area contributed by atoms with Gasteiger partial charge in [-0.25, -0.2) is 0 Å². The maximum atomic E-state index is 11.2. The van der Waals surface area contributed by atoms with E-state index in [1.54, 1.807) is 11.8 Å². The van der Waals surface area contributed by atoms with Crippen LogP contribution in [0.25, 0.3) is 0 Å². The Hall–Kier alpha value is -1.20. The number of hydrogen-bond donors (Lipinski definition) is 1. The van der Waals surface area contributed by atoms with E-state index in [0.717, 1.165) is 23.6 Å². The van der Waals surface area contributed by atoms with Crippen LogP contribution >= 0.6 is 11.8 Å². The molecule has 0 amide bonds. The average molecular weight is 295 g/mol. The van der Waals surface area contributed by atoms with Crippen molar-refractivity contribution in [2.45, 2.75) is 19.9 Å². The van der Waals surface area contributed by atoms with Gasteiger partial charge in [-0.15, -0.1) is 0 Å². The topological polar surface area (TPSA) is 49.8 Å². The molecule has 0 saturated carbocycles. The second-order valence-corrected chi connectivity index (χ2v) is 6.23.